The molecule has 0 aromatic heterocycles. The minimum absolute atomic E-state index is 0.218. The normalized spacial score (nSPS) is 11.6. The Hall–Kier alpha value is -1.51. The Morgan fingerprint density at radius 1 is 1.59 bits per heavy atom. The number of carbonyl (C=O) groups excluding carboxylic acids is 1. The molecule has 2 N–H and O–H groups in total. The first kappa shape index (κ1) is 13.6. The van der Waals surface area contributed by atoms with Crippen molar-refractivity contribution >= 4 is 17.7 Å². The molecule has 0 fully saturated rings. The standard InChI is InChI=1S/C12H14N2O2S/c1-9(15)8-14-12(16)10-4-2-3-5-11(10)17-7-6-13/h2-5,9,15H,7-8H2,1H3,(H,14,16). The monoisotopic (exact) mass is 250 g/mol. The van der Waals surface area contributed by atoms with Crippen molar-refractivity contribution in [3.8, 4) is 6.07 Å². The number of nitriles is 1. The third-order valence-electron chi connectivity index (χ3n) is 1.98. The van der Waals surface area contributed by atoms with Gasteiger partial charge >= 0.3 is 0 Å². The lowest BCUT2D eigenvalue weighted by molar-refractivity contribution is 0.0921. The minimum atomic E-state index is -0.571. The molecule has 0 radical (unpaired) electrons. The number of hydrogen-bond acceptors (Lipinski definition) is 4. The van der Waals surface area contributed by atoms with Gasteiger partial charge in [-0.1, -0.05) is 12.1 Å². The van der Waals surface area contributed by atoms with E-state index in [1.807, 2.05) is 12.1 Å². The summed E-state index contributed by atoms with van der Waals surface area (Å²) in [5.74, 6) is 0.0766. The first-order valence-corrected chi connectivity index (χ1v) is 6.18. The van der Waals surface area contributed by atoms with E-state index in [2.05, 4.69) is 5.32 Å². The fourth-order valence-electron chi connectivity index (χ4n) is 1.23. The second-order valence-electron chi connectivity index (χ2n) is 3.50. The third kappa shape index (κ3) is 4.47. The van der Waals surface area contributed by atoms with Crippen LogP contribution in [0.1, 0.15) is 17.3 Å². The second-order valence-corrected chi connectivity index (χ2v) is 4.52. The van der Waals surface area contributed by atoms with Crippen LogP contribution >= 0.6 is 11.8 Å². The molecule has 17 heavy (non-hydrogen) atoms. The van der Waals surface area contributed by atoms with Crippen LogP contribution in [0, 0.1) is 11.3 Å². The molecule has 1 amide bonds. The van der Waals surface area contributed by atoms with E-state index in [4.69, 9.17) is 10.4 Å². The van der Waals surface area contributed by atoms with Crippen LogP contribution in [-0.4, -0.2) is 29.4 Å². The van der Waals surface area contributed by atoms with Crippen LogP contribution in [0.5, 0.6) is 0 Å². The number of nitrogens with one attached hydrogen (secondary N) is 1. The van der Waals surface area contributed by atoms with Crippen LogP contribution in [0.15, 0.2) is 29.2 Å². The maximum absolute atomic E-state index is 11.8. The zero-order valence-corrected chi connectivity index (χ0v) is 10.3. The number of carbonyl (C=O) groups is 1. The van der Waals surface area contributed by atoms with E-state index in [1.54, 1.807) is 25.1 Å². The molecule has 0 aliphatic carbocycles. The maximum Gasteiger partial charge on any atom is 0.252 e. The van der Waals surface area contributed by atoms with Gasteiger partial charge in [0.1, 0.15) is 0 Å². The molecular formula is C12H14N2O2S. The van der Waals surface area contributed by atoms with Gasteiger partial charge in [-0.25, -0.2) is 0 Å². The van der Waals surface area contributed by atoms with Crippen molar-refractivity contribution in [1.82, 2.24) is 5.32 Å². The van der Waals surface area contributed by atoms with E-state index in [0.717, 1.165) is 4.90 Å². The SMILES string of the molecule is CC(O)CNC(=O)c1ccccc1SCC#N. The van der Waals surface area contributed by atoms with Crippen LogP contribution in [0.4, 0.5) is 0 Å². The minimum Gasteiger partial charge on any atom is -0.392 e. The van der Waals surface area contributed by atoms with Crippen molar-refractivity contribution in [2.24, 2.45) is 0 Å². The molecule has 1 atom stereocenters. The van der Waals surface area contributed by atoms with E-state index in [1.165, 1.54) is 11.8 Å². The summed E-state index contributed by atoms with van der Waals surface area (Å²) in [4.78, 5) is 12.6. The van der Waals surface area contributed by atoms with Gasteiger partial charge in [0.2, 0.25) is 0 Å². The predicted molar refractivity (Wildman–Crippen MR) is 66.8 cm³/mol. The van der Waals surface area contributed by atoms with E-state index in [-0.39, 0.29) is 12.5 Å². The zero-order chi connectivity index (χ0) is 12.7. The Bertz CT molecular complexity index is 427. The molecule has 5 heteroatoms. The second kappa shape index (κ2) is 6.94. The first-order chi connectivity index (χ1) is 8.15. The van der Waals surface area contributed by atoms with Crippen molar-refractivity contribution in [1.29, 1.82) is 5.26 Å². The Kier molecular flexibility index (Phi) is 5.53. The number of amides is 1. The molecule has 0 aliphatic rings. The Morgan fingerprint density at radius 3 is 2.94 bits per heavy atom. The number of nitrogens with zero attached hydrogens (tertiary/aromatic N) is 1. The summed E-state index contributed by atoms with van der Waals surface area (Å²) in [7, 11) is 0. The molecule has 0 saturated carbocycles. The highest BCUT2D eigenvalue weighted by Gasteiger charge is 2.11. The van der Waals surface area contributed by atoms with E-state index < -0.39 is 6.10 Å². The maximum atomic E-state index is 11.8. The van der Waals surface area contributed by atoms with E-state index in [0.29, 0.717) is 11.3 Å². The number of rotatable bonds is 5. The van der Waals surface area contributed by atoms with Crippen molar-refractivity contribution < 1.29 is 9.90 Å². The average Bonchev–Trinajstić information content (AvgIpc) is 2.33. The highest BCUT2D eigenvalue weighted by atomic mass is 32.2. The molecule has 0 saturated heterocycles. The molecule has 4 nitrogen and oxygen atoms in total. The van der Waals surface area contributed by atoms with Crippen LogP contribution in [0.3, 0.4) is 0 Å². The summed E-state index contributed by atoms with van der Waals surface area (Å²) in [6.07, 6.45) is -0.571. The molecule has 1 aromatic carbocycles. The van der Waals surface area contributed by atoms with Crippen molar-refractivity contribution in [3.05, 3.63) is 29.8 Å². The summed E-state index contributed by atoms with van der Waals surface area (Å²) >= 11 is 1.33. The van der Waals surface area contributed by atoms with Crippen LogP contribution in [0.2, 0.25) is 0 Å². The topological polar surface area (TPSA) is 73.1 Å². The lowest BCUT2D eigenvalue weighted by Crippen LogP contribution is -2.30. The molecule has 1 aromatic rings. The molecular weight excluding hydrogens is 236 g/mol. The number of aliphatic hydroxyl groups is 1. The molecule has 1 unspecified atom stereocenters. The van der Waals surface area contributed by atoms with Gasteiger partial charge in [-0.05, 0) is 19.1 Å². The van der Waals surface area contributed by atoms with E-state index >= 15 is 0 Å². The van der Waals surface area contributed by atoms with Gasteiger partial charge in [0.05, 0.1) is 23.5 Å². The van der Waals surface area contributed by atoms with Crippen molar-refractivity contribution in [3.63, 3.8) is 0 Å². The number of aliphatic hydroxyl groups excluding tert-OH is 1. The summed E-state index contributed by atoms with van der Waals surface area (Å²) in [6.45, 7) is 1.83. The van der Waals surface area contributed by atoms with Crippen molar-refractivity contribution in [2.45, 2.75) is 17.9 Å². The summed E-state index contributed by atoms with van der Waals surface area (Å²) in [5, 5.41) is 20.3. The molecule has 1 rings (SSSR count). The summed E-state index contributed by atoms with van der Waals surface area (Å²) in [5.41, 5.74) is 0.536. The molecule has 0 aliphatic heterocycles. The summed E-state index contributed by atoms with van der Waals surface area (Å²) < 4.78 is 0. The quantitative estimate of drug-likeness (QED) is 0.775. The van der Waals surface area contributed by atoms with Gasteiger partial charge in [-0.2, -0.15) is 5.26 Å². The van der Waals surface area contributed by atoms with Crippen LogP contribution in [-0.2, 0) is 0 Å². The molecule has 90 valence electrons. The first-order valence-electron chi connectivity index (χ1n) is 5.20. The summed E-state index contributed by atoms with van der Waals surface area (Å²) in [6, 6.07) is 9.13. The largest absolute Gasteiger partial charge is 0.392 e. The van der Waals surface area contributed by atoms with Gasteiger partial charge in [0, 0.05) is 11.4 Å². The van der Waals surface area contributed by atoms with Gasteiger partial charge in [-0.3, -0.25) is 4.79 Å². The fraction of sp³-hybridized carbons (Fsp3) is 0.333. The number of hydrogen-bond donors (Lipinski definition) is 2. The van der Waals surface area contributed by atoms with Gasteiger partial charge in [0.15, 0.2) is 0 Å². The fourth-order valence-corrected chi connectivity index (χ4v) is 1.94. The van der Waals surface area contributed by atoms with Crippen LogP contribution < -0.4 is 5.32 Å². The average molecular weight is 250 g/mol. The Balaban J connectivity index is 2.75. The molecule has 0 bridgehead atoms. The van der Waals surface area contributed by atoms with E-state index in [9.17, 15) is 4.79 Å². The Morgan fingerprint density at radius 2 is 2.29 bits per heavy atom. The van der Waals surface area contributed by atoms with Crippen LogP contribution in [0.25, 0.3) is 0 Å². The molecule has 0 heterocycles. The predicted octanol–water partition coefficient (Wildman–Crippen LogP) is 1.41. The van der Waals surface area contributed by atoms with Gasteiger partial charge < -0.3 is 10.4 Å². The smallest absolute Gasteiger partial charge is 0.252 e. The lowest BCUT2D eigenvalue weighted by atomic mass is 10.2. The highest BCUT2D eigenvalue weighted by molar-refractivity contribution is 7.99. The van der Waals surface area contributed by atoms with Crippen molar-refractivity contribution in [2.75, 3.05) is 12.3 Å². The Labute approximate surface area is 105 Å². The van der Waals surface area contributed by atoms with Gasteiger partial charge in [0.25, 0.3) is 5.91 Å². The highest BCUT2D eigenvalue weighted by Crippen LogP contribution is 2.21. The number of thioether (sulfide) groups is 1. The van der Waals surface area contributed by atoms with Gasteiger partial charge in [-0.15, -0.1) is 11.8 Å². The lowest BCUT2D eigenvalue weighted by Gasteiger charge is -2.09. The molecule has 0 spiro atoms. The zero-order valence-electron chi connectivity index (χ0n) is 9.51. The number of benzene rings is 1. The third-order valence-corrected chi connectivity index (χ3v) is 2.92.